The second kappa shape index (κ2) is 9.80. The lowest BCUT2D eigenvalue weighted by Crippen LogP contribution is -2.32. The van der Waals surface area contributed by atoms with Crippen molar-refractivity contribution in [3.63, 3.8) is 0 Å². The highest BCUT2D eigenvalue weighted by molar-refractivity contribution is 7.18. The molecule has 0 radical (unpaired) electrons. The number of carboxylic acid groups (broad SMARTS) is 1. The minimum Gasteiger partial charge on any atom is -0.449 e. The molecule has 1 heterocycles. The fourth-order valence-corrected chi connectivity index (χ4v) is 4.40. The number of halogens is 2. The minimum absolute atomic E-state index is 0.0601. The second-order valence-electron chi connectivity index (χ2n) is 6.19. The Bertz CT molecular complexity index is 1060. The van der Waals surface area contributed by atoms with Crippen molar-refractivity contribution in [1.29, 1.82) is 0 Å². The van der Waals surface area contributed by atoms with Gasteiger partial charge in [-0.05, 0) is 29.3 Å². The van der Waals surface area contributed by atoms with Crippen LogP contribution in [0.5, 0.6) is 5.06 Å². The summed E-state index contributed by atoms with van der Waals surface area (Å²) in [6, 6.07) is 16.2. The van der Waals surface area contributed by atoms with Gasteiger partial charge in [0.2, 0.25) is 11.0 Å². The van der Waals surface area contributed by atoms with Crippen molar-refractivity contribution in [2.45, 2.75) is 6.42 Å². The van der Waals surface area contributed by atoms with Crippen molar-refractivity contribution in [2.24, 2.45) is 0 Å². The van der Waals surface area contributed by atoms with E-state index in [0.29, 0.717) is 21.3 Å². The molecule has 1 amide bonds. The number of hydrogen-bond donors (Lipinski definition) is 1. The maximum atomic E-state index is 13.2. The average Bonchev–Trinajstić information content (AvgIpc) is 3.12. The summed E-state index contributed by atoms with van der Waals surface area (Å²) in [5.41, 5.74) is 1.72. The van der Waals surface area contributed by atoms with Gasteiger partial charge in [0, 0.05) is 21.5 Å². The summed E-state index contributed by atoms with van der Waals surface area (Å²) < 4.78 is 4.98. The van der Waals surface area contributed by atoms with Crippen molar-refractivity contribution < 1.29 is 19.4 Å². The molecule has 0 saturated carbocycles. The fourth-order valence-electron chi connectivity index (χ4n) is 2.86. The van der Waals surface area contributed by atoms with Gasteiger partial charge in [-0.25, -0.2) is 4.79 Å². The van der Waals surface area contributed by atoms with Crippen LogP contribution in [0.4, 0.5) is 10.5 Å². The third kappa shape index (κ3) is 5.02. The van der Waals surface area contributed by atoms with Crippen LogP contribution in [0.1, 0.15) is 5.56 Å². The maximum absolute atomic E-state index is 13.2. The van der Waals surface area contributed by atoms with Gasteiger partial charge in [-0.2, -0.15) is 0 Å². The number of ether oxygens (including phenoxy) is 1. The summed E-state index contributed by atoms with van der Waals surface area (Å²) >= 11 is 13.6. The van der Waals surface area contributed by atoms with Gasteiger partial charge in [0.05, 0.1) is 12.1 Å². The van der Waals surface area contributed by atoms with Crippen LogP contribution in [-0.4, -0.2) is 23.7 Å². The van der Waals surface area contributed by atoms with E-state index in [0.717, 1.165) is 21.8 Å². The maximum Gasteiger partial charge on any atom is 0.512 e. The highest BCUT2D eigenvalue weighted by atomic mass is 35.5. The number of hydrogen-bond acceptors (Lipinski definition) is 4. The molecule has 3 rings (SSSR count). The second-order valence-corrected chi connectivity index (χ2v) is 8.02. The smallest absolute Gasteiger partial charge is 0.449 e. The largest absolute Gasteiger partial charge is 0.512 e. The van der Waals surface area contributed by atoms with Gasteiger partial charge in [0.1, 0.15) is 0 Å². The van der Waals surface area contributed by atoms with Crippen LogP contribution in [0.2, 0.25) is 10.0 Å². The van der Waals surface area contributed by atoms with Crippen LogP contribution >= 0.6 is 34.5 Å². The molecule has 0 aliphatic rings. The number of anilines is 1. The number of benzene rings is 2. The number of carbonyl (C=O) groups excluding carboxylic acids is 1. The predicted octanol–water partition coefficient (Wildman–Crippen LogP) is 6.54. The molecule has 0 aliphatic heterocycles. The molecule has 0 atom stereocenters. The van der Waals surface area contributed by atoms with Crippen molar-refractivity contribution in [3.8, 4) is 15.5 Å². The molecule has 1 N–H and O–H groups in total. The van der Waals surface area contributed by atoms with Gasteiger partial charge in [-0.15, -0.1) is 6.58 Å². The monoisotopic (exact) mass is 461 g/mol. The van der Waals surface area contributed by atoms with Crippen LogP contribution < -0.4 is 9.64 Å². The minimum atomic E-state index is -1.46. The van der Waals surface area contributed by atoms with Gasteiger partial charge in [0.25, 0.3) is 0 Å². The fraction of sp³-hybridized carbons (Fsp3) is 0.0909. The molecule has 3 aromatic rings. The van der Waals surface area contributed by atoms with Crippen molar-refractivity contribution in [2.75, 3.05) is 11.4 Å². The first-order valence-electron chi connectivity index (χ1n) is 8.85. The lowest BCUT2D eigenvalue weighted by molar-refractivity contribution is -0.117. The Balaban J connectivity index is 2.01. The lowest BCUT2D eigenvalue weighted by Gasteiger charge is -2.21. The van der Waals surface area contributed by atoms with Crippen molar-refractivity contribution in [1.82, 2.24) is 0 Å². The average molecular weight is 462 g/mol. The third-order valence-electron chi connectivity index (χ3n) is 4.21. The van der Waals surface area contributed by atoms with Crippen LogP contribution in [-0.2, 0) is 11.2 Å². The SMILES string of the molecule is C=CCN(C(=O)Cc1c(Cl)cccc1Cl)c1cc(-c2ccccc2)sc1OC(=O)O. The molecule has 0 bridgehead atoms. The standard InChI is InChI=1S/C22H17Cl2NO4S/c1-2-11-25(20(26)12-15-16(23)9-6-10-17(15)24)18-13-19(14-7-4-3-5-8-14)30-21(18)29-22(27)28/h2-10,13H,1,11-12H2,(H,27,28). The zero-order valence-electron chi connectivity index (χ0n) is 15.7. The van der Waals surface area contributed by atoms with E-state index in [1.165, 1.54) is 4.90 Å². The van der Waals surface area contributed by atoms with Gasteiger partial charge in [0.15, 0.2) is 0 Å². The summed E-state index contributed by atoms with van der Waals surface area (Å²) in [7, 11) is 0. The molecule has 0 saturated heterocycles. The first-order chi connectivity index (χ1) is 14.4. The van der Waals surface area contributed by atoms with E-state index in [1.807, 2.05) is 30.3 Å². The summed E-state index contributed by atoms with van der Waals surface area (Å²) in [6.45, 7) is 3.86. The van der Waals surface area contributed by atoms with E-state index in [9.17, 15) is 9.59 Å². The van der Waals surface area contributed by atoms with E-state index in [1.54, 1.807) is 30.3 Å². The molecule has 30 heavy (non-hydrogen) atoms. The number of carbonyl (C=O) groups is 2. The number of nitrogens with zero attached hydrogens (tertiary/aromatic N) is 1. The Kier molecular flexibility index (Phi) is 7.15. The van der Waals surface area contributed by atoms with E-state index in [4.69, 9.17) is 33.0 Å². The van der Waals surface area contributed by atoms with Crippen LogP contribution in [0.15, 0.2) is 67.3 Å². The Morgan fingerprint density at radius 2 is 1.77 bits per heavy atom. The first kappa shape index (κ1) is 21.9. The summed E-state index contributed by atoms with van der Waals surface area (Å²) in [6.07, 6.45) is 0.0316. The molecule has 1 aromatic heterocycles. The Morgan fingerprint density at radius 3 is 2.37 bits per heavy atom. The summed E-state index contributed by atoms with van der Waals surface area (Å²) in [4.78, 5) is 26.6. The first-order valence-corrected chi connectivity index (χ1v) is 10.4. The van der Waals surface area contributed by atoms with Crippen LogP contribution in [0.25, 0.3) is 10.4 Å². The van der Waals surface area contributed by atoms with Gasteiger partial charge in [-0.3, -0.25) is 4.79 Å². The molecule has 2 aromatic carbocycles. The van der Waals surface area contributed by atoms with Gasteiger partial charge < -0.3 is 14.7 Å². The van der Waals surface area contributed by atoms with E-state index < -0.39 is 6.16 Å². The van der Waals surface area contributed by atoms with Crippen molar-refractivity contribution >= 4 is 52.3 Å². The number of rotatable bonds is 7. The normalized spacial score (nSPS) is 10.5. The molecule has 0 aliphatic carbocycles. The third-order valence-corrected chi connectivity index (χ3v) is 5.97. The van der Waals surface area contributed by atoms with Crippen molar-refractivity contribution in [3.05, 3.63) is 82.9 Å². The molecule has 8 heteroatoms. The van der Waals surface area contributed by atoms with Gasteiger partial charge >= 0.3 is 6.16 Å². The molecular formula is C22H17Cl2NO4S. The summed E-state index contributed by atoms with van der Waals surface area (Å²) in [5, 5.41) is 10.0. The molecule has 154 valence electrons. The highest BCUT2D eigenvalue weighted by Gasteiger charge is 2.25. The van der Waals surface area contributed by atoms with E-state index >= 15 is 0 Å². The Hall–Kier alpha value is -2.80. The Morgan fingerprint density at radius 1 is 1.10 bits per heavy atom. The molecule has 0 fully saturated rings. The topological polar surface area (TPSA) is 66.8 Å². The Labute approximate surface area is 187 Å². The predicted molar refractivity (Wildman–Crippen MR) is 121 cm³/mol. The molecular weight excluding hydrogens is 445 g/mol. The summed E-state index contributed by atoms with van der Waals surface area (Å²) in [5.74, 6) is -0.322. The van der Waals surface area contributed by atoms with Crippen LogP contribution in [0.3, 0.4) is 0 Å². The van der Waals surface area contributed by atoms with E-state index in [-0.39, 0.29) is 23.9 Å². The lowest BCUT2D eigenvalue weighted by atomic mass is 10.1. The van der Waals surface area contributed by atoms with E-state index in [2.05, 4.69) is 6.58 Å². The zero-order chi connectivity index (χ0) is 21.7. The zero-order valence-corrected chi connectivity index (χ0v) is 18.0. The van der Waals surface area contributed by atoms with Gasteiger partial charge in [-0.1, -0.05) is 77.0 Å². The molecule has 0 unspecified atom stereocenters. The highest BCUT2D eigenvalue weighted by Crippen LogP contribution is 2.43. The quantitative estimate of drug-likeness (QED) is 0.320. The van der Waals surface area contributed by atoms with Crippen LogP contribution in [0, 0.1) is 0 Å². The molecule has 0 spiro atoms. The number of amides is 1. The molecule has 5 nitrogen and oxygen atoms in total. The number of thiophene rings is 1.